The van der Waals surface area contributed by atoms with E-state index in [1.807, 2.05) is 37.9 Å². The van der Waals surface area contributed by atoms with Crippen LogP contribution in [0.1, 0.15) is 27.8 Å². The Morgan fingerprint density at radius 3 is 1.79 bits per heavy atom. The first kappa shape index (κ1) is 21.2. The Labute approximate surface area is 175 Å². The minimum Gasteiger partial charge on any atom is -0.496 e. The first-order chi connectivity index (χ1) is 13.8. The van der Waals surface area contributed by atoms with Gasteiger partial charge in [-0.25, -0.2) is 0 Å². The summed E-state index contributed by atoms with van der Waals surface area (Å²) in [5.74, 6) is 2.59. The molecule has 152 valence electrons. The zero-order valence-corrected chi connectivity index (χ0v) is 19.2. The molecule has 0 aliphatic carbocycles. The third-order valence-corrected chi connectivity index (χ3v) is 5.77. The number of hydrogen-bond donors (Lipinski definition) is 0. The molecule has 0 heterocycles. The lowest BCUT2D eigenvalue weighted by Gasteiger charge is -2.22. The van der Waals surface area contributed by atoms with Gasteiger partial charge in [-0.05, 0) is 80.6 Å². The number of hydrogen-bond acceptors (Lipinski definition) is 3. The first-order valence-corrected chi connectivity index (χ1v) is 11.3. The van der Waals surface area contributed by atoms with E-state index >= 15 is 0 Å². The van der Waals surface area contributed by atoms with Crippen LogP contribution in [-0.2, 0) is 0 Å². The van der Waals surface area contributed by atoms with E-state index in [4.69, 9.17) is 13.8 Å². The van der Waals surface area contributed by atoms with E-state index in [1.165, 1.54) is 11.1 Å². The molecule has 3 rings (SSSR count). The van der Waals surface area contributed by atoms with E-state index in [0.29, 0.717) is 0 Å². The molecule has 3 nitrogen and oxygen atoms in total. The van der Waals surface area contributed by atoms with Gasteiger partial charge in [-0.3, -0.25) is 0 Å². The number of rotatable bonds is 6. The topological polar surface area (TPSA) is 27.7 Å². The van der Waals surface area contributed by atoms with Gasteiger partial charge in [0.1, 0.15) is 17.2 Å². The lowest BCUT2D eigenvalue weighted by atomic mass is 9.95. The normalized spacial score (nSPS) is 11.8. The Kier molecular flexibility index (Phi) is 6.49. The van der Waals surface area contributed by atoms with Crippen LogP contribution in [0.25, 0.3) is 11.1 Å². The summed E-state index contributed by atoms with van der Waals surface area (Å²) in [7, 11) is 0.569. The largest absolute Gasteiger partial charge is 0.496 e. The molecule has 0 amide bonds. The average molecular weight is 408 g/mol. The fraction of sp³-hybridized carbons (Fsp3) is 0.280. The lowest BCUT2D eigenvalue weighted by Crippen LogP contribution is -2.00. The molecule has 0 saturated carbocycles. The summed E-state index contributed by atoms with van der Waals surface area (Å²) in [5.41, 5.74) is 7.76. The minimum absolute atomic E-state index is 0.848. The van der Waals surface area contributed by atoms with Crippen LogP contribution in [0, 0.1) is 34.6 Å². The van der Waals surface area contributed by atoms with Crippen molar-refractivity contribution in [3.05, 3.63) is 76.3 Å². The molecule has 0 bridgehead atoms. The van der Waals surface area contributed by atoms with Gasteiger partial charge in [-0.1, -0.05) is 30.3 Å². The van der Waals surface area contributed by atoms with Crippen molar-refractivity contribution in [1.82, 2.24) is 0 Å². The molecule has 0 spiro atoms. The highest BCUT2D eigenvalue weighted by atomic mass is 31.2. The third kappa shape index (κ3) is 4.74. The standard InChI is InChI=1S/C25H29O3P/c1-16-12-19(4)24(26-6)21(14-16)22-15-17(2)13-20(5)25(22)28-29(7)27-23-11-9-8-10-18(23)3/h8-15H,1-7H3. The molecule has 0 radical (unpaired) electrons. The third-order valence-electron chi connectivity index (χ3n) is 4.87. The second kappa shape index (κ2) is 8.88. The van der Waals surface area contributed by atoms with E-state index in [1.54, 1.807) is 7.11 Å². The van der Waals surface area contributed by atoms with Crippen molar-refractivity contribution in [3.8, 4) is 28.4 Å². The summed E-state index contributed by atoms with van der Waals surface area (Å²) in [6.07, 6.45) is 0. The predicted molar refractivity (Wildman–Crippen MR) is 123 cm³/mol. The van der Waals surface area contributed by atoms with Crippen molar-refractivity contribution in [3.63, 3.8) is 0 Å². The molecule has 1 unspecified atom stereocenters. The van der Waals surface area contributed by atoms with Crippen molar-refractivity contribution in [2.24, 2.45) is 0 Å². The van der Waals surface area contributed by atoms with E-state index in [9.17, 15) is 0 Å². The highest BCUT2D eigenvalue weighted by Gasteiger charge is 2.20. The quantitative estimate of drug-likeness (QED) is 0.400. The van der Waals surface area contributed by atoms with Crippen molar-refractivity contribution in [2.45, 2.75) is 34.6 Å². The van der Waals surface area contributed by atoms with Gasteiger partial charge < -0.3 is 13.8 Å². The zero-order chi connectivity index (χ0) is 21.1. The highest BCUT2D eigenvalue weighted by Crippen LogP contribution is 2.46. The van der Waals surface area contributed by atoms with Crippen LogP contribution in [0.5, 0.6) is 17.2 Å². The number of aryl methyl sites for hydroxylation is 5. The smallest absolute Gasteiger partial charge is 0.287 e. The monoisotopic (exact) mass is 408 g/mol. The van der Waals surface area contributed by atoms with Gasteiger partial charge in [0.25, 0.3) is 8.38 Å². The number of methoxy groups -OCH3 is 1. The Morgan fingerprint density at radius 2 is 1.21 bits per heavy atom. The predicted octanol–water partition coefficient (Wildman–Crippen LogP) is 7.30. The highest BCUT2D eigenvalue weighted by molar-refractivity contribution is 7.47. The molecule has 1 atom stereocenters. The van der Waals surface area contributed by atoms with E-state index < -0.39 is 8.38 Å². The molecule has 0 N–H and O–H groups in total. The molecule has 0 fully saturated rings. The summed E-state index contributed by atoms with van der Waals surface area (Å²) in [5, 5.41) is 0. The second-order valence-corrected chi connectivity index (χ2v) is 8.75. The first-order valence-electron chi connectivity index (χ1n) is 9.72. The fourth-order valence-electron chi connectivity index (χ4n) is 3.65. The van der Waals surface area contributed by atoms with Gasteiger partial charge in [0.15, 0.2) is 0 Å². The maximum atomic E-state index is 6.41. The maximum Gasteiger partial charge on any atom is 0.287 e. The van der Waals surface area contributed by atoms with Gasteiger partial charge in [-0.15, -0.1) is 0 Å². The van der Waals surface area contributed by atoms with Gasteiger partial charge in [-0.2, -0.15) is 0 Å². The van der Waals surface area contributed by atoms with E-state index in [2.05, 4.69) is 52.0 Å². The van der Waals surface area contributed by atoms with Crippen LogP contribution in [-0.4, -0.2) is 13.8 Å². The summed E-state index contributed by atoms with van der Waals surface area (Å²) in [6, 6.07) is 16.6. The molecule has 4 heteroatoms. The summed E-state index contributed by atoms with van der Waals surface area (Å²) >= 11 is 0. The van der Waals surface area contributed by atoms with E-state index in [-0.39, 0.29) is 0 Å². The number of ether oxygens (including phenoxy) is 1. The van der Waals surface area contributed by atoms with Crippen LogP contribution in [0.3, 0.4) is 0 Å². The Bertz CT molecular complexity index is 1030. The minimum atomic E-state index is -1.15. The van der Waals surface area contributed by atoms with Crippen LogP contribution >= 0.6 is 8.38 Å². The van der Waals surface area contributed by atoms with Crippen molar-refractivity contribution < 1.29 is 13.8 Å². The van der Waals surface area contributed by atoms with Gasteiger partial charge in [0.05, 0.1) is 7.11 Å². The average Bonchev–Trinajstić information content (AvgIpc) is 2.65. The molecule has 3 aromatic carbocycles. The van der Waals surface area contributed by atoms with Gasteiger partial charge in [0.2, 0.25) is 0 Å². The van der Waals surface area contributed by atoms with Crippen molar-refractivity contribution >= 4 is 8.38 Å². The summed E-state index contributed by atoms with van der Waals surface area (Å²) in [6.45, 7) is 12.4. The van der Waals surface area contributed by atoms with Crippen LogP contribution in [0.2, 0.25) is 0 Å². The Morgan fingerprint density at radius 1 is 0.655 bits per heavy atom. The molecule has 0 saturated heterocycles. The number of para-hydroxylation sites is 1. The number of benzene rings is 3. The zero-order valence-electron chi connectivity index (χ0n) is 18.3. The summed E-state index contributed by atoms with van der Waals surface area (Å²) < 4.78 is 18.3. The molecular formula is C25H29O3P. The molecular weight excluding hydrogens is 379 g/mol. The summed E-state index contributed by atoms with van der Waals surface area (Å²) in [4.78, 5) is 0. The molecule has 0 aliphatic rings. The Hall–Kier alpha value is -2.51. The van der Waals surface area contributed by atoms with Gasteiger partial charge in [0, 0.05) is 17.8 Å². The molecule has 3 aromatic rings. The van der Waals surface area contributed by atoms with Gasteiger partial charge >= 0.3 is 0 Å². The fourth-order valence-corrected chi connectivity index (χ4v) is 4.66. The molecule has 29 heavy (non-hydrogen) atoms. The van der Waals surface area contributed by atoms with Crippen molar-refractivity contribution in [2.75, 3.05) is 13.8 Å². The second-order valence-electron chi connectivity index (χ2n) is 7.51. The van der Waals surface area contributed by atoms with Crippen LogP contribution in [0.15, 0.2) is 48.5 Å². The maximum absolute atomic E-state index is 6.41. The van der Waals surface area contributed by atoms with E-state index in [0.717, 1.165) is 45.1 Å². The molecule has 0 aromatic heterocycles. The van der Waals surface area contributed by atoms with Crippen LogP contribution < -0.4 is 13.8 Å². The Balaban J connectivity index is 2.04. The lowest BCUT2D eigenvalue weighted by molar-refractivity contribution is 0.413. The SMILES string of the molecule is COc1c(C)cc(C)cc1-c1cc(C)cc(C)c1OP(C)Oc1ccccc1C. The van der Waals surface area contributed by atoms with Crippen molar-refractivity contribution in [1.29, 1.82) is 0 Å². The molecule has 0 aliphatic heterocycles. The van der Waals surface area contributed by atoms with Crippen LogP contribution in [0.4, 0.5) is 0 Å².